The summed E-state index contributed by atoms with van der Waals surface area (Å²) in [5, 5.41) is 9.11. The van der Waals surface area contributed by atoms with Gasteiger partial charge < -0.3 is 5.11 Å². The van der Waals surface area contributed by atoms with E-state index in [4.69, 9.17) is 11.6 Å². The van der Waals surface area contributed by atoms with Crippen LogP contribution in [0.4, 0.5) is 0 Å². The minimum atomic E-state index is -3.14. The Labute approximate surface area is 94.6 Å². The van der Waals surface area contributed by atoms with Crippen LogP contribution >= 0.6 is 11.6 Å². The molecule has 84 valence electrons. The molecule has 0 spiro atoms. The van der Waals surface area contributed by atoms with Crippen LogP contribution in [0.15, 0.2) is 18.2 Å². The lowest BCUT2D eigenvalue weighted by atomic mass is 10.2. The van der Waals surface area contributed by atoms with Gasteiger partial charge in [0.15, 0.2) is 9.84 Å². The molecule has 15 heavy (non-hydrogen) atoms. The zero-order chi connectivity index (χ0) is 11.6. The van der Waals surface area contributed by atoms with E-state index in [0.29, 0.717) is 5.56 Å². The van der Waals surface area contributed by atoms with E-state index in [9.17, 15) is 13.5 Å². The van der Waals surface area contributed by atoms with Crippen LogP contribution in [0, 0.1) is 0 Å². The van der Waals surface area contributed by atoms with Gasteiger partial charge in [0, 0.05) is 0 Å². The summed E-state index contributed by atoms with van der Waals surface area (Å²) in [7, 11) is -3.14. The number of rotatable bonds is 3. The van der Waals surface area contributed by atoms with Gasteiger partial charge in [-0.05, 0) is 31.5 Å². The maximum Gasteiger partial charge on any atom is 0.156 e. The van der Waals surface area contributed by atoms with Gasteiger partial charge in [-0.2, -0.15) is 0 Å². The summed E-state index contributed by atoms with van der Waals surface area (Å²) >= 11 is 5.61. The fourth-order valence-electron chi connectivity index (χ4n) is 1.05. The van der Waals surface area contributed by atoms with Gasteiger partial charge in [0.2, 0.25) is 0 Å². The number of phenolic OH excluding ortho intramolecular Hbond substituents is 1. The molecule has 0 radical (unpaired) electrons. The lowest BCUT2D eigenvalue weighted by Crippen LogP contribution is -2.15. The van der Waals surface area contributed by atoms with Gasteiger partial charge in [0.1, 0.15) is 5.75 Å². The second-order valence-corrected chi connectivity index (χ2v) is 6.61. The summed E-state index contributed by atoms with van der Waals surface area (Å²) in [5.74, 6) is -0.164. The fourth-order valence-corrected chi connectivity index (χ4v) is 2.14. The molecule has 0 bridgehead atoms. The van der Waals surface area contributed by atoms with Crippen LogP contribution in [-0.4, -0.2) is 18.8 Å². The van der Waals surface area contributed by atoms with Crippen LogP contribution in [-0.2, 0) is 15.6 Å². The summed E-state index contributed by atoms with van der Waals surface area (Å²) in [6.07, 6.45) is 0. The average Bonchev–Trinajstić information content (AvgIpc) is 2.10. The van der Waals surface area contributed by atoms with Gasteiger partial charge >= 0.3 is 0 Å². The highest BCUT2D eigenvalue weighted by atomic mass is 35.5. The number of halogens is 1. The Morgan fingerprint density at radius 2 is 2.00 bits per heavy atom. The van der Waals surface area contributed by atoms with Crippen molar-refractivity contribution in [2.24, 2.45) is 0 Å². The zero-order valence-corrected chi connectivity index (χ0v) is 10.1. The monoisotopic (exact) mass is 248 g/mol. The molecule has 1 aromatic rings. The summed E-state index contributed by atoms with van der Waals surface area (Å²) in [6.45, 7) is 3.26. The predicted molar refractivity (Wildman–Crippen MR) is 60.9 cm³/mol. The Morgan fingerprint density at radius 1 is 1.40 bits per heavy atom. The Balaban J connectivity index is 2.96. The van der Waals surface area contributed by atoms with E-state index in [1.165, 1.54) is 12.1 Å². The Hall–Kier alpha value is -0.740. The first-order valence-electron chi connectivity index (χ1n) is 4.52. The normalized spacial score (nSPS) is 12.0. The van der Waals surface area contributed by atoms with Crippen LogP contribution in [0.2, 0.25) is 5.02 Å². The molecule has 0 unspecified atom stereocenters. The molecule has 0 saturated carbocycles. The third kappa shape index (κ3) is 3.11. The standard InChI is InChI=1S/C10H13ClO3S/c1-7(2)15(13,14)6-8-3-4-9(11)10(12)5-8/h3-5,7,12H,6H2,1-2H3. The molecule has 1 N–H and O–H groups in total. The van der Waals surface area contributed by atoms with E-state index < -0.39 is 15.1 Å². The van der Waals surface area contributed by atoms with Crippen molar-refractivity contribution >= 4 is 21.4 Å². The molecule has 0 amide bonds. The van der Waals surface area contributed by atoms with Crippen LogP contribution < -0.4 is 0 Å². The van der Waals surface area contributed by atoms with Crippen molar-refractivity contribution < 1.29 is 13.5 Å². The van der Waals surface area contributed by atoms with Crippen molar-refractivity contribution in [1.82, 2.24) is 0 Å². The molecule has 0 saturated heterocycles. The minimum absolute atomic E-state index is 0.0740. The van der Waals surface area contributed by atoms with Crippen LogP contribution in [0.25, 0.3) is 0 Å². The first-order chi connectivity index (χ1) is 6.83. The first kappa shape index (κ1) is 12.3. The highest BCUT2D eigenvalue weighted by molar-refractivity contribution is 7.91. The number of benzene rings is 1. The highest BCUT2D eigenvalue weighted by Crippen LogP contribution is 2.25. The summed E-state index contributed by atoms with van der Waals surface area (Å²) in [5.41, 5.74) is 0.547. The molecule has 0 atom stereocenters. The third-order valence-electron chi connectivity index (χ3n) is 2.10. The van der Waals surface area contributed by atoms with Gasteiger partial charge in [-0.15, -0.1) is 0 Å². The van der Waals surface area contributed by atoms with E-state index in [1.54, 1.807) is 19.9 Å². The highest BCUT2D eigenvalue weighted by Gasteiger charge is 2.17. The van der Waals surface area contributed by atoms with Crippen LogP contribution in [0.5, 0.6) is 5.75 Å². The van der Waals surface area contributed by atoms with Crippen molar-refractivity contribution in [3.05, 3.63) is 28.8 Å². The van der Waals surface area contributed by atoms with Gasteiger partial charge in [-0.3, -0.25) is 0 Å². The van der Waals surface area contributed by atoms with Crippen molar-refractivity contribution in [3.63, 3.8) is 0 Å². The second-order valence-electron chi connectivity index (χ2n) is 3.64. The van der Waals surface area contributed by atoms with Crippen molar-refractivity contribution in [1.29, 1.82) is 0 Å². The second kappa shape index (κ2) is 4.41. The molecule has 0 aliphatic rings. The van der Waals surface area contributed by atoms with E-state index >= 15 is 0 Å². The van der Waals surface area contributed by atoms with Gasteiger partial charge in [0.05, 0.1) is 16.0 Å². The number of hydrogen-bond donors (Lipinski definition) is 1. The van der Waals surface area contributed by atoms with E-state index in [2.05, 4.69) is 0 Å². The number of phenols is 1. The number of hydrogen-bond acceptors (Lipinski definition) is 3. The van der Waals surface area contributed by atoms with E-state index in [0.717, 1.165) is 0 Å². The Morgan fingerprint density at radius 3 is 2.47 bits per heavy atom. The van der Waals surface area contributed by atoms with Gasteiger partial charge in [0.25, 0.3) is 0 Å². The third-order valence-corrected chi connectivity index (χ3v) is 4.59. The maximum absolute atomic E-state index is 11.6. The smallest absolute Gasteiger partial charge is 0.156 e. The van der Waals surface area contributed by atoms with Crippen molar-refractivity contribution in [2.45, 2.75) is 24.9 Å². The fraction of sp³-hybridized carbons (Fsp3) is 0.400. The molecule has 0 aromatic heterocycles. The molecule has 1 aromatic carbocycles. The van der Waals surface area contributed by atoms with Crippen LogP contribution in [0.3, 0.4) is 0 Å². The summed E-state index contributed by atoms with van der Waals surface area (Å²) in [4.78, 5) is 0. The quantitative estimate of drug-likeness (QED) is 0.894. The largest absolute Gasteiger partial charge is 0.506 e. The van der Waals surface area contributed by atoms with Crippen molar-refractivity contribution in [3.8, 4) is 5.75 Å². The Kier molecular flexibility index (Phi) is 3.62. The molecule has 5 heteroatoms. The molecule has 0 fully saturated rings. The minimum Gasteiger partial charge on any atom is -0.506 e. The lowest BCUT2D eigenvalue weighted by molar-refractivity contribution is 0.475. The average molecular weight is 249 g/mol. The molecular weight excluding hydrogens is 236 g/mol. The SMILES string of the molecule is CC(C)S(=O)(=O)Cc1ccc(Cl)c(O)c1. The first-order valence-corrected chi connectivity index (χ1v) is 6.61. The van der Waals surface area contributed by atoms with Crippen LogP contribution in [0.1, 0.15) is 19.4 Å². The summed E-state index contributed by atoms with van der Waals surface area (Å²) in [6, 6.07) is 4.46. The lowest BCUT2D eigenvalue weighted by Gasteiger charge is -2.08. The summed E-state index contributed by atoms with van der Waals surface area (Å²) < 4.78 is 23.2. The molecule has 0 heterocycles. The molecule has 0 aliphatic heterocycles. The van der Waals surface area contributed by atoms with E-state index in [1.807, 2.05) is 0 Å². The molecule has 3 nitrogen and oxygen atoms in total. The predicted octanol–water partition coefficient (Wildman–Crippen LogP) is 2.37. The molecular formula is C10H13ClO3S. The Bertz CT molecular complexity index is 452. The number of aromatic hydroxyl groups is 1. The van der Waals surface area contributed by atoms with Crippen molar-refractivity contribution in [2.75, 3.05) is 0 Å². The van der Waals surface area contributed by atoms with E-state index in [-0.39, 0.29) is 16.5 Å². The van der Waals surface area contributed by atoms with Gasteiger partial charge in [-0.25, -0.2) is 8.42 Å². The maximum atomic E-state index is 11.6. The van der Waals surface area contributed by atoms with Gasteiger partial charge in [-0.1, -0.05) is 17.7 Å². The number of sulfone groups is 1. The topological polar surface area (TPSA) is 54.4 Å². The molecule has 1 rings (SSSR count). The zero-order valence-electron chi connectivity index (χ0n) is 8.57. The molecule has 0 aliphatic carbocycles.